The maximum atomic E-state index is 12.7. The number of thioether (sulfide) groups is 1. The van der Waals surface area contributed by atoms with E-state index in [2.05, 4.69) is 15.3 Å². The van der Waals surface area contributed by atoms with Crippen LogP contribution in [0.3, 0.4) is 0 Å². The number of aryl methyl sites for hydroxylation is 2. The Kier molecular flexibility index (Phi) is 7.32. The van der Waals surface area contributed by atoms with Crippen LogP contribution in [0.5, 0.6) is 0 Å². The number of ether oxygens (including phenoxy) is 1. The standard InChI is InChI=1S/C17H15F3N4O5S/c1-9-5-10(2)22-16(21-9)30-8-15(26)29-7-14(25)23-12-4-3-11(17(18,19)20)6-13(12)24(27)28/h3-6H,7-8H2,1-2H3,(H,23,25). The highest BCUT2D eigenvalue weighted by molar-refractivity contribution is 7.99. The Morgan fingerprint density at radius 1 is 1.20 bits per heavy atom. The van der Waals surface area contributed by atoms with Crippen LogP contribution in [0.2, 0.25) is 0 Å². The molecular weight excluding hydrogens is 429 g/mol. The summed E-state index contributed by atoms with van der Waals surface area (Å²) in [6.45, 7) is 2.76. The summed E-state index contributed by atoms with van der Waals surface area (Å²) in [5.74, 6) is -1.89. The van der Waals surface area contributed by atoms with Crippen LogP contribution in [0.1, 0.15) is 17.0 Å². The number of nitrogens with zero attached hydrogens (tertiary/aromatic N) is 3. The van der Waals surface area contributed by atoms with E-state index in [4.69, 9.17) is 4.74 Å². The Hall–Kier alpha value is -3.22. The molecule has 1 amide bonds. The number of benzene rings is 1. The quantitative estimate of drug-likeness (QED) is 0.227. The monoisotopic (exact) mass is 444 g/mol. The second kappa shape index (κ2) is 9.52. The maximum absolute atomic E-state index is 12.7. The molecule has 0 bridgehead atoms. The minimum absolute atomic E-state index is 0.184. The molecule has 0 fully saturated rings. The second-order valence-electron chi connectivity index (χ2n) is 5.92. The lowest BCUT2D eigenvalue weighted by Gasteiger charge is -2.10. The molecule has 1 aromatic heterocycles. The molecule has 30 heavy (non-hydrogen) atoms. The summed E-state index contributed by atoms with van der Waals surface area (Å²) >= 11 is 0.998. The summed E-state index contributed by atoms with van der Waals surface area (Å²) in [5.41, 5.74) is -1.19. The van der Waals surface area contributed by atoms with Crippen LogP contribution in [-0.2, 0) is 20.5 Å². The van der Waals surface area contributed by atoms with Gasteiger partial charge in [0, 0.05) is 17.5 Å². The maximum Gasteiger partial charge on any atom is 0.416 e. The van der Waals surface area contributed by atoms with Gasteiger partial charge in [-0.25, -0.2) is 9.97 Å². The number of esters is 1. The Morgan fingerprint density at radius 2 is 1.83 bits per heavy atom. The van der Waals surface area contributed by atoms with Gasteiger partial charge in [-0.15, -0.1) is 0 Å². The lowest BCUT2D eigenvalue weighted by atomic mass is 10.1. The predicted molar refractivity (Wildman–Crippen MR) is 99.9 cm³/mol. The van der Waals surface area contributed by atoms with Gasteiger partial charge in [0.1, 0.15) is 5.69 Å². The van der Waals surface area contributed by atoms with Crippen molar-refractivity contribution in [2.45, 2.75) is 25.2 Å². The lowest BCUT2D eigenvalue weighted by Crippen LogP contribution is -2.22. The van der Waals surface area contributed by atoms with Gasteiger partial charge in [0.25, 0.3) is 11.6 Å². The van der Waals surface area contributed by atoms with Crippen LogP contribution in [0.15, 0.2) is 29.4 Å². The number of anilines is 1. The van der Waals surface area contributed by atoms with Crippen molar-refractivity contribution in [3.05, 3.63) is 51.3 Å². The van der Waals surface area contributed by atoms with Gasteiger partial charge in [-0.05, 0) is 32.0 Å². The van der Waals surface area contributed by atoms with Gasteiger partial charge in [0.15, 0.2) is 11.8 Å². The Bertz CT molecular complexity index is 964. The van der Waals surface area contributed by atoms with Crippen molar-refractivity contribution in [1.29, 1.82) is 0 Å². The summed E-state index contributed by atoms with van der Waals surface area (Å²) in [7, 11) is 0. The van der Waals surface area contributed by atoms with E-state index in [0.717, 1.165) is 29.2 Å². The summed E-state index contributed by atoms with van der Waals surface area (Å²) in [4.78, 5) is 41.8. The van der Waals surface area contributed by atoms with Crippen LogP contribution in [0.4, 0.5) is 24.5 Å². The van der Waals surface area contributed by atoms with Gasteiger partial charge in [0.05, 0.1) is 16.2 Å². The normalized spacial score (nSPS) is 11.1. The topological polar surface area (TPSA) is 124 Å². The summed E-state index contributed by atoms with van der Waals surface area (Å²) in [6, 6.07) is 3.41. The van der Waals surface area contributed by atoms with E-state index >= 15 is 0 Å². The number of rotatable bonds is 7. The first kappa shape index (κ1) is 23.1. The van der Waals surface area contributed by atoms with Crippen molar-refractivity contribution < 1.29 is 32.4 Å². The number of nitro groups is 1. The van der Waals surface area contributed by atoms with Gasteiger partial charge in [-0.2, -0.15) is 13.2 Å². The zero-order valence-electron chi connectivity index (χ0n) is 15.6. The van der Waals surface area contributed by atoms with Crippen LogP contribution >= 0.6 is 11.8 Å². The highest BCUT2D eigenvalue weighted by Crippen LogP contribution is 2.34. The summed E-state index contributed by atoms with van der Waals surface area (Å²) < 4.78 is 42.8. The molecule has 0 radical (unpaired) electrons. The van der Waals surface area contributed by atoms with Gasteiger partial charge < -0.3 is 10.1 Å². The molecule has 0 saturated carbocycles. The van der Waals surface area contributed by atoms with Crippen molar-refractivity contribution >= 4 is 35.0 Å². The average Bonchev–Trinajstić information content (AvgIpc) is 2.63. The number of aromatic nitrogens is 2. The third-order valence-corrected chi connectivity index (χ3v) is 4.26. The number of halogens is 3. The van der Waals surface area contributed by atoms with Crippen molar-refractivity contribution in [3.63, 3.8) is 0 Å². The molecule has 0 unspecified atom stereocenters. The number of carbonyl (C=O) groups excluding carboxylic acids is 2. The highest BCUT2D eigenvalue weighted by atomic mass is 32.2. The molecule has 2 rings (SSSR count). The molecule has 0 spiro atoms. The van der Waals surface area contributed by atoms with E-state index < -0.39 is 46.5 Å². The van der Waals surface area contributed by atoms with E-state index in [-0.39, 0.29) is 5.75 Å². The first-order chi connectivity index (χ1) is 14.0. The molecule has 9 nitrogen and oxygen atoms in total. The zero-order valence-corrected chi connectivity index (χ0v) is 16.5. The number of nitro benzene ring substituents is 1. The third-order valence-electron chi connectivity index (χ3n) is 3.44. The molecule has 0 aliphatic rings. The number of nitrogens with one attached hydrogen (secondary N) is 1. The molecule has 2 aromatic rings. The largest absolute Gasteiger partial charge is 0.455 e. The van der Waals surface area contributed by atoms with E-state index in [1.807, 2.05) is 0 Å². The fourth-order valence-electron chi connectivity index (χ4n) is 2.22. The molecule has 0 atom stereocenters. The third kappa shape index (κ3) is 6.69. The van der Waals surface area contributed by atoms with E-state index in [0.29, 0.717) is 17.3 Å². The molecule has 1 aromatic carbocycles. The van der Waals surface area contributed by atoms with Gasteiger partial charge in [0.2, 0.25) is 0 Å². The van der Waals surface area contributed by atoms with Crippen LogP contribution in [0, 0.1) is 24.0 Å². The number of carbonyl (C=O) groups is 2. The molecule has 0 aliphatic heterocycles. The van der Waals surface area contributed by atoms with Crippen LogP contribution in [-0.4, -0.2) is 39.1 Å². The number of hydrogen-bond donors (Lipinski definition) is 1. The molecule has 0 aliphatic carbocycles. The first-order valence-electron chi connectivity index (χ1n) is 8.22. The fourth-order valence-corrected chi connectivity index (χ4v) is 2.97. The van der Waals surface area contributed by atoms with E-state index in [9.17, 15) is 32.9 Å². The Balaban J connectivity index is 1.92. The molecule has 0 saturated heterocycles. The SMILES string of the molecule is Cc1cc(C)nc(SCC(=O)OCC(=O)Nc2ccc(C(F)(F)F)cc2[N+](=O)[O-])n1. The van der Waals surface area contributed by atoms with Crippen LogP contribution < -0.4 is 5.32 Å². The first-order valence-corrected chi connectivity index (χ1v) is 9.20. The smallest absolute Gasteiger partial charge is 0.416 e. The number of hydrogen-bond acceptors (Lipinski definition) is 8. The molecular formula is C17H15F3N4O5S. The zero-order chi connectivity index (χ0) is 22.5. The summed E-state index contributed by atoms with van der Waals surface area (Å²) in [6.07, 6.45) is -4.78. The molecule has 13 heteroatoms. The van der Waals surface area contributed by atoms with Crippen molar-refractivity contribution in [1.82, 2.24) is 9.97 Å². The minimum Gasteiger partial charge on any atom is -0.455 e. The Morgan fingerprint density at radius 3 is 2.40 bits per heavy atom. The molecule has 160 valence electrons. The van der Waals surface area contributed by atoms with Crippen LogP contribution in [0.25, 0.3) is 0 Å². The Labute approximate surface area is 172 Å². The van der Waals surface area contributed by atoms with Gasteiger partial charge in [-0.1, -0.05) is 11.8 Å². The minimum atomic E-state index is -4.78. The van der Waals surface area contributed by atoms with Crippen molar-refractivity contribution in [2.75, 3.05) is 17.7 Å². The summed E-state index contributed by atoms with van der Waals surface area (Å²) in [5, 5.41) is 13.4. The van der Waals surface area contributed by atoms with Crippen molar-refractivity contribution in [2.24, 2.45) is 0 Å². The number of alkyl halides is 3. The molecule has 1 heterocycles. The van der Waals surface area contributed by atoms with Gasteiger partial charge >= 0.3 is 12.1 Å². The average molecular weight is 444 g/mol. The molecule has 1 N–H and O–H groups in total. The van der Waals surface area contributed by atoms with E-state index in [1.165, 1.54) is 0 Å². The fraction of sp³-hybridized carbons (Fsp3) is 0.294. The van der Waals surface area contributed by atoms with Crippen molar-refractivity contribution in [3.8, 4) is 0 Å². The highest BCUT2D eigenvalue weighted by Gasteiger charge is 2.33. The van der Waals surface area contributed by atoms with E-state index in [1.54, 1.807) is 19.9 Å². The number of amides is 1. The second-order valence-corrected chi connectivity index (χ2v) is 6.86. The lowest BCUT2D eigenvalue weighted by molar-refractivity contribution is -0.384. The van der Waals surface area contributed by atoms with Gasteiger partial charge in [-0.3, -0.25) is 19.7 Å². The predicted octanol–water partition coefficient (Wildman–Crippen LogP) is 3.29.